The molecule has 2 nitrogen and oxygen atoms in total. The minimum absolute atomic E-state index is 0.264. The molecule has 0 aromatic rings. The van der Waals surface area contributed by atoms with Crippen LogP contribution in [0.5, 0.6) is 0 Å². The number of aliphatic hydroxyl groups is 1. The monoisotopic (exact) mass is 186 g/mol. The molecule has 0 spiro atoms. The predicted molar refractivity (Wildman–Crippen MR) is 53.6 cm³/mol. The molecule has 1 fully saturated rings. The summed E-state index contributed by atoms with van der Waals surface area (Å²) in [6.45, 7) is 4.98. The second-order valence-corrected chi connectivity index (χ2v) is 4.66. The molecule has 0 radical (unpaired) electrons. The van der Waals surface area contributed by atoms with E-state index in [1.54, 1.807) is 7.11 Å². The molecular formula is C11H22O2. The van der Waals surface area contributed by atoms with Gasteiger partial charge in [-0.05, 0) is 18.8 Å². The molecule has 1 aliphatic carbocycles. The zero-order valence-electron chi connectivity index (χ0n) is 9.05. The van der Waals surface area contributed by atoms with Crippen molar-refractivity contribution in [2.24, 2.45) is 11.8 Å². The highest BCUT2D eigenvalue weighted by molar-refractivity contribution is 4.89. The second kappa shape index (κ2) is 4.43. The maximum atomic E-state index is 10.4. The molecule has 3 atom stereocenters. The highest BCUT2D eigenvalue weighted by Crippen LogP contribution is 2.37. The molecule has 0 amide bonds. The molecule has 1 saturated carbocycles. The van der Waals surface area contributed by atoms with Crippen LogP contribution in [0, 0.1) is 11.8 Å². The van der Waals surface area contributed by atoms with Crippen molar-refractivity contribution in [3.63, 3.8) is 0 Å². The van der Waals surface area contributed by atoms with Gasteiger partial charge in [-0.2, -0.15) is 0 Å². The highest BCUT2D eigenvalue weighted by atomic mass is 16.5. The lowest BCUT2D eigenvalue weighted by Gasteiger charge is -2.39. The first kappa shape index (κ1) is 11.0. The van der Waals surface area contributed by atoms with E-state index in [-0.39, 0.29) is 5.92 Å². The largest absolute Gasteiger partial charge is 0.390 e. The van der Waals surface area contributed by atoms with Gasteiger partial charge >= 0.3 is 0 Å². The Morgan fingerprint density at radius 3 is 2.85 bits per heavy atom. The molecule has 2 heteroatoms. The number of hydrogen-bond donors (Lipinski definition) is 1. The van der Waals surface area contributed by atoms with Crippen LogP contribution in [0.2, 0.25) is 0 Å². The first-order valence-corrected chi connectivity index (χ1v) is 5.30. The minimum Gasteiger partial charge on any atom is -0.390 e. The molecule has 0 heterocycles. The fraction of sp³-hybridized carbons (Fsp3) is 1.00. The van der Waals surface area contributed by atoms with Gasteiger partial charge in [-0.15, -0.1) is 0 Å². The van der Waals surface area contributed by atoms with Gasteiger partial charge in [0.1, 0.15) is 0 Å². The summed E-state index contributed by atoms with van der Waals surface area (Å²) < 4.78 is 5.10. The summed E-state index contributed by atoms with van der Waals surface area (Å²) in [5.74, 6) is 0.929. The minimum atomic E-state index is -0.465. The molecule has 1 N–H and O–H groups in total. The Labute approximate surface area is 81.3 Å². The van der Waals surface area contributed by atoms with Gasteiger partial charge in [0.05, 0.1) is 12.2 Å². The molecule has 1 aliphatic rings. The van der Waals surface area contributed by atoms with E-state index in [2.05, 4.69) is 13.8 Å². The summed E-state index contributed by atoms with van der Waals surface area (Å²) in [5, 5.41) is 10.4. The van der Waals surface area contributed by atoms with Gasteiger partial charge in [0.2, 0.25) is 0 Å². The summed E-state index contributed by atoms with van der Waals surface area (Å²) in [4.78, 5) is 0. The summed E-state index contributed by atoms with van der Waals surface area (Å²) in [6, 6.07) is 0. The summed E-state index contributed by atoms with van der Waals surface area (Å²) in [5.41, 5.74) is -0.465. The molecule has 3 unspecified atom stereocenters. The van der Waals surface area contributed by atoms with Crippen molar-refractivity contribution in [3.8, 4) is 0 Å². The van der Waals surface area contributed by atoms with Crippen molar-refractivity contribution in [2.45, 2.75) is 45.1 Å². The van der Waals surface area contributed by atoms with E-state index < -0.39 is 5.60 Å². The molecular weight excluding hydrogens is 164 g/mol. The van der Waals surface area contributed by atoms with Crippen LogP contribution >= 0.6 is 0 Å². The topological polar surface area (TPSA) is 29.5 Å². The first-order chi connectivity index (χ1) is 6.08. The Bertz CT molecular complexity index is 158. The maximum Gasteiger partial charge on any atom is 0.0697 e. The van der Waals surface area contributed by atoms with E-state index in [4.69, 9.17) is 4.74 Å². The lowest BCUT2D eigenvalue weighted by Crippen LogP contribution is -2.42. The third-order valence-corrected chi connectivity index (χ3v) is 3.34. The molecule has 0 saturated heterocycles. The number of hydrogen-bond acceptors (Lipinski definition) is 2. The van der Waals surface area contributed by atoms with Gasteiger partial charge in [-0.25, -0.2) is 0 Å². The van der Waals surface area contributed by atoms with Gasteiger partial charge in [0, 0.05) is 13.0 Å². The smallest absolute Gasteiger partial charge is 0.0697 e. The number of ether oxygens (including phenoxy) is 1. The van der Waals surface area contributed by atoms with Gasteiger partial charge in [0.15, 0.2) is 0 Å². The zero-order chi connectivity index (χ0) is 9.90. The van der Waals surface area contributed by atoms with Crippen LogP contribution in [-0.2, 0) is 4.74 Å². The Hall–Kier alpha value is -0.0800. The standard InChI is InChI=1S/C11H22O2/c1-9-5-4-6-11(12,7-9)10(2)8-13-3/h9-10,12H,4-8H2,1-3H3. The average molecular weight is 186 g/mol. The summed E-state index contributed by atoms with van der Waals surface area (Å²) in [6.07, 6.45) is 4.31. The Balaban J connectivity index is 2.52. The third kappa shape index (κ3) is 2.68. The third-order valence-electron chi connectivity index (χ3n) is 3.34. The lowest BCUT2D eigenvalue weighted by atomic mass is 9.73. The van der Waals surface area contributed by atoms with Gasteiger partial charge in [0.25, 0.3) is 0 Å². The quantitative estimate of drug-likeness (QED) is 0.732. The molecule has 0 aromatic carbocycles. The van der Waals surface area contributed by atoms with E-state index in [1.807, 2.05) is 0 Å². The van der Waals surface area contributed by atoms with Crippen molar-refractivity contribution < 1.29 is 9.84 Å². The fourth-order valence-electron chi connectivity index (χ4n) is 2.42. The van der Waals surface area contributed by atoms with E-state index in [9.17, 15) is 5.11 Å². The molecule has 0 aliphatic heterocycles. The van der Waals surface area contributed by atoms with Crippen LogP contribution in [0.25, 0.3) is 0 Å². The molecule has 0 aromatic heterocycles. The van der Waals surface area contributed by atoms with Crippen LogP contribution in [0.3, 0.4) is 0 Å². The van der Waals surface area contributed by atoms with E-state index in [0.29, 0.717) is 12.5 Å². The van der Waals surface area contributed by atoms with Crippen molar-refractivity contribution in [2.75, 3.05) is 13.7 Å². The van der Waals surface area contributed by atoms with E-state index in [1.165, 1.54) is 6.42 Å². The summed E-state index contributed by atoms with van der Waals surface area (Å²) in [7, 11) is 1.70. The highest BCUT2D eigenvalue weighted by Gasteiger charge is 2.37. The zero-order valence-corrected chi connectivity index (χ0v) is 9.05. The van der Waals surface area contributed by atoms with Crippen LogP contribution in [0.15, 0.2) is 0 Å². The van der Waals surface area contributed by atoms with Crippen molar-refractivity contribution in [1.29, 1.82) is 0 Å². The van der Waals surface area contributed by atoms with Gasteiger partial charge in [-0.1, -0.05) is 26.7 Å². The Morgan fingerprint density at radius 1 is 1.62 bits per heavy atom. The number of methoxy groups -OCH3 is 1. The van der Waals surface area contributed by atoms with Gasteiger partial charge in [-0.3, -0.25) is 0 Å². The van der Waals surface area contributed by atoms with Crippen molar-refractivity contribution >= 4 is 0 Å². The SMILES string of the molecule is COCC(C)C1(O)CCCC(C)C1. The van der Waals surface area contributed by atoms with Crippen LogP contribution < -0.4 is 0 Å². The molecule has 0 bridgehead atoms. The molecule has 13 heavy (non-hydrogen) atoms. The van der Waals surface area contributed by atoms with Crippen molar-refractivity contribution in [3.05, 3.63) is 0 Å². The maximum absolute atomic E-state index is 10.4. The normalized spacial score (nSPS) is 37.4. The van der Waals surface area contributed by atoms with Gasteiger partial charge < -0.3 is 9.84 Å². The average Bonchev–Trinajstić information content (AvgIpc) is 2.04. The molecule has 78 valence electrons. The van der Waals surface area contributed by atoms with Crippen LogP contribution in [0.1, 0.15) is 39.5 Å². The van der Waals surface area contributed by atoms with Crippen LogP contribution in [0.4, 0.5) is 0 Å². The molecule has 1 rings (SSSR count). The summed E-state index contributed by atoms with van der Waals surface area (Å²) >= 11 is 0. The Kier molecular flexibility index (Phi) is 3.74. The van der Waals surface area contributed by atoms with E-state index >= 15 is 0 Å². The Morgan fingerprint density at radius 2 is 2.31 bits per heavy atom. The first-order valence-electron chi connectivity index (χ1n) is 5.30. The van der Waals surface area contributed by atoms with E-state index in [0.717, 1.165) is 19.3 Å². The van der Waals surface area contributed by atoms with Crippen LogP contribution in [-0.4, -0.2) is 24.4 Å². The van der Waals surface area contributed by atoms with Crippen molar-refractivity contribution in [1.82, 2.24) is 0 Å². The number of rotatable bonds is 3. The second-order valence-electron chi connectivity index (χ2n) is 4.66. The fourth-order valence-corrected chi connectivity index (χ4v) is 2.42. The lowest BCUT2D eigenvalue weighted by molar-refractivity contribution is -0.0768. The predicted octanol–water partition coefficient (Wildman–Crippen LogP) is 2.21.